The van der Waals surface area contributed by atoms with Crippen LogP contribution in [0.4, 0.5) is 0 Å². The van der Waals surface area contributed by atoms with Crippen LogP contribution in [0.2, 0.25) is 0 Å². The summed E-state index contributed by atoms with van der Waals surface area (Å²) in [7, 11) is 0. The van der Waals surface area contributed by atoms with E-state index in [4.69, 9.17) is 10.8 Å². The summed E-state index contributed by atoms with van der Waals surface area (Å²) in [6.45, 7) is 0. The molecule has 1 unspecified atom stereocenters. The molecule has 1 rings (SSSR count). The van der Waals surface area contributed by atoms with Crippen LogP contribution in [0.3, 0.4) is 0 Å². The van der Waals surface area contributed by atoms with Gasteiger partial charge in [0, 0.05) is 51.4 Å². The van der Waals surface area contributed by atoms with Gasteiger partial charge < -0.3 is 10.8 Å². The Morgan fingerprint density at radius 3 is 2.25 bits per heavy atom. The molecule has 0 aliphatic heterocycles. The van der Waals surface area contributed by atoms with Gasteiger partial charge in [-0.25, -0.2) is 0 Å². The molecule has 1 atom stereocenters. The SMILES string of the molecule is NC(C(=O)O)c1ccccc1.[K]. The van der Waals surface area contributed by atoms with Crippen molar-refractivity contribution in [2.45, 2.75) is 6.04 Å². The third kappa shape index (κ3) is 3.34. The third-order valence-corrected chi connectivity index (χ3v) is 1.42. The third-order valence-electron chi connectivity index (χ3n) is 1.42. The minimum atomic E-state index is -1.00. The second-order valence-corrected chi connectivity index (χ2v) is 2.23. The van der Waals surface area contributed by atoms with E-state index in [1.54, 1.807) is 24.3 Å². The Labute approximate surface area is 113 Å². The molecule has 4 heteroatoms. The van der Waals surface area contributed by atoms with Gasteiger partial charge >= 0.3 is 5.97 Å². The van der Waals surface area contributed by atoms with Crippen LogP contribution in [0.1, 0.15) is 11.6 Å². The van der Waals surface area contributed by atoms with Crippen molar-refractivity contribution in [1.82, 2.24) is 0 Å². The summed E-state index contributed by atoms with van der Waals surface area (Å²) in [6.07, 6.45) is 0. The van der Waals surface area contributed by atoms with E-state index in [9.17, 15) is 4.79 Å². The maximum atomic E-state index is 10.4. The maximum Gasteiger partial charge on any atom is 0.325 e. The molecule has 0 amide bonds. The molecule has 0 heterocycles. The minimum absolute atomic E-state index is 0. The zero-order chi connectivity index (χ0) is 8.27. The molecule has 0 bridgehead atoms. The Kier molecular flexibility index (Phi) is 5.99. The van der Waals surface area contributed by atoms with Crippen molar-refractivity contribution in [3.63, 3.8) is 0 Å². The molecule has 59 valence electrons. The fourth-order valence-corrected chi connectivity index (χ4v) is 0.803. The van der Waals surface area contributed by atoms with Gasteiger partial charge in [0.05, 0.1) is 0 Å². The van der Waals surface area contributed by atoms with Crippen molar-refractivity contribution in [3.8, 4) is 0 Å². The largest absolute Gasteiger partial charge is 0.480 e. The van der Waals surface area contributed by atoms with Gasteiger partial charge in [0.1, 0.15) is 6.04 Å². The van der Waals surface area contributed by atoms with Crippen molar-refractivity contribution in [1.29, 1.82) is 0 Å². The number of hydrogen-bond acceptors (Lipinski definition) is 2. The van der Waals surface area contributed by atoms with E-state index in [0.29, 0.717) is 5.56 Å². The number of carboxylic acids is 1. The first-order valence-corrected chi connectivity index (χ1v) is 3.25. The quantitative estimate of drug-likeness (QED) is 0.663. The van der Waals surface area contributed by atoms with Gasteiger partial charge in [-0.15, -0.1) is 0 Å². The molecule has 0 fully saturated rings. The summed E-state index contributed by atoms with van der Waals surface area (Å²) in [6, 6.07) is 7.82. The van der Waals surface area contributed by atoms with E-state index in [-0.39, 0.29) is 51.4 Å². The number of carboxylic acid groups (broad SMARTS) is 1. The zero-order valence-electron chi connectivity index (χ0n) is 6.90. The van der Waals surface area contributed by atoms with E-state index in [2.05, 4.69) is 0 Å². The summed E-state index contributed by atoms with van der Waals surface area (Å²) < 4.78 is 0. The molecule has 1 radical (unpaired) electrons. The fraction of sp³-hybridized carbons (Fsp3) is 0.125. The smallest absolute Gasteiger partial charge is 0.325 e. The zero-order valence-corrected chi connectivity index (χ0v) is 10.0. The molecule has 0 aliphatic carbocycles. The second-order valence-electron chi connectivity index (χ2n) is 2.23. The van der Waals surface area contributed by atoms with Gasteiger partial charge in [0.2, 0.25) is 0 Å². The Balaban J connectivity index is 0.00000121. The maximum absolute atomic E-state index is 10.4. The van der Waals surface area contributed by atoms with E-state index in [1.165, 1.54) is 0 Å². The number of aliphatic carboxylic acids is 1. The average Bonchev–Trinajstić information content (AvgIpc) is 2.05. The standard InChI is InChI=1S/C8H9NO2.K/c9-7(8(10)11)6-4-2-1-3-5-6;/h1-5,7H,9H2,(H,10,11);. The summed E-state index contributed by atoms with van der Waals surface area (Å²) in [5, 5.41) is 8.51. The number of benzene rings is 1. The normalized spacial score (nSPS) is 11.4. The van der Waals surface area contributed by atoms with E-state index >= 15 is 0 Å². The molecule has 0 aromatic heterocycles. The molecule has 0 saturated heterocycles. The first-order chi connectivity index (χ1) is 5.22. The number of rotatable bonds is 2. The number of carbonyl (C=O) groups is 1. The van der Waals surface area contributed by atoms with Crippen LogP contribution in [0.25, 0.3) is 0 Å². The summed E-state index contributed by atoms with van der Waals surface area (Å²) in [4.78, 5) is 10.4. The predicted octanol–water partition coefficient (Wildman–Crippen LogP) is 0.390. The molecule has 12 heavy (non-hydrogen) atoms. The summed E-state index contributed by atoms with van der Waals surface area (Å²) in [5.41, 5.74) is 5.96. The molecule has 0 spiro atoms. The molecule has 3 N–H and O–H groups in total. The Hall–Kier alpha value is 0.286. The van der Waals surface area contributed by atoms with Crippen molar-refractivity contribution in [3.05, 3.63) is 35.9 Å². The van der Waals surface area contributed by atoms with Gasteiger partial charge in [-0.3, -0.25) is 4.79 Å². The van der Waals surface area contributed by atoms with Crippen molar-refractivity contribution >= 4 is 57.4 Å². The second kappa shape index (κ2) is 5.85. The number of nitrogens with two attached hydrogens (primary N) is 1. The van der Waals surface area contributed by atoms with Crippen LogP contribution < -0.4 is 5.73 Å². The van der Waals surface area contributed by atoms with E-state index in [0.717, 1.165) is 0 Å². The van der Waals surface area contributed by atoms with Gasteiger partial charge in [-0.2, -0.15) is 0 Å². The molecular formula is C8H9KNO2. The molecular weight excluding hydrogens is 181 g/mol. The summed E-state index contributed by atoms with van der Waals surface area (Å²) in [5.74, 6) is -1.00. The van der Waals surface area contributed by atoms with Crippen LogP contribution in [-0.2, 0) is 4.79 Å². The predicted molar refractivity (Wildman–Crippen MR) is 46.8 cm³/mol. The van der Waals surface area contributed by atoms with Crippen LogP contribution >= 0.6 is 0 Å². The van der Waals surface area contributed by atoms with Crippen LogP contribution in [0.5, 0.6) is 0 Å². The molecule has 0 saturated carbocycles. The Morgan fingerprint density at radius 1 is 1.33 bits per heavy atom. The van der Waals surface area contributed by atoms with Crippen molar-refractivity contribution in [2.24, 2.45) is 5.73 Å². The van der Waals surface area contributed by atoms with Gasteiger partial charge in [-0.1, -0.05) is 30.3 Å². The monoisotopic (exact) mass is 190 g/mol. The van der Waals surface area contributed by atoms with E-state index in [1.807, 2.05) is 6.07 Å². The minimum Gasteiger partial charge on any atom is -0.480 e. The molecule has 1 aromatic carbocycles. The van der Waals surface area contributed by atoms with Gasteiger partial charge in [0.15, 0.2) is 0 Å². The van der Waals surface area contributed by atoms with E-state index < -0.39 is 12.0 Å². The number of hydrogen-bond donors (Lipinski definition) is 2. The van der Waals surface area contributed by atoms with Crippen LogP contribution in [0.15, 0.2) is 30.3 Å². The molecule has 0 aliphatic rings. The van der Waals surface area contributed by atoms with Crippen molar-refractivity contribution < 1.29 is 9.90 Å². The first-order valence-electron chi connectivity index (χ1n) is 3.25. The Bertz CT molecular complexity index is 250. The molecule has 3 nitrogen and oxygen atoms in total. The summed E-state index contributed by atoms with van der Waals surface area (Å²) >= 11 is 0. The van der Waals surface area contributed by atoms with Gasteiger partial charge in [-0.05, 0) is 5.56 Å². The van der Waals surface area contributed by atoms with Crippen molar-refractivity contribution in [2.75, 3.05) is 0 Å². The topological polar surface area (TPSA) is 63.3 Å². The van der Waals surface area contributed by atoms with Crippen LogP contribution in [-0.4, -0.2) is 62.5 Å². The fourth-order valence-electron chi connectivity index (χ4n) is 0.803. The van der Waals surface area contributed by atoms with Crippen LogP contribution in [0, 0.1) is 0 Å². The Morgan fingerprint density at radius 2 is 1.83 bits per heavy atom. The molecule has 1 aromatic rings. The van der Waals surface area contributed by atoms with Gasteiger partial charge in [0.25, 0.3) is 0 Å². The first kappa shape index (κ1) is 12.3. The average molecular weight is 190 g/mol.